The predicted octanol–water partition coefficient (Wildman–Crippen LogP) is 3.40. The summed E-state index contributed by atoms with van der Waals surface area (Å²) in [6, 6.07) is 5.51. The smallest absolute Gasteiger partial charge is 0.390 e. The van der Waals surface area contributed by atoms with Gasteiger partial charge in [0.2, 0.25) is 0 Å². The Morgan fingerprint density at radius 3 is 2.53 bits per heavy atom. The van der Waals surface area contributed by atoms with E-state index in [0.29, 0.717) is 0 Å². The molecular weight excluding hydrogens is 262 g/mol. The third kappa shape index (κ3) is 2.90. The van der Waals surface area contributed by atoms with Crippen molar-refractivity contribution in [1.29, 1.82) is 0 Å². The maximum Gasteiger partial charge on any atom is 0.416 e. The lowest BCUT2D eigenvalue weighted by atomic mass is 10.0. The lowest BCUT2D eigenvalue weighted by Gasteiger charge is -2.10. The van der Waals surface area contributed by atoms with Crippen molar-refractivity contribution in [2.75, 3.05) is 0 Å². The number of hydrogen-bond acceptors (Lipinski definition) is 2. The molecule has 0 saturated heterocycles. The molecule has 100 valence electrons. The van der Waals surface area contributed by atoms with E-state index < -0.39 is 24.2 Å². The lowest BCUT2D eigenvalue weighted by molar-refractivity contribution is -0.137. The summed E-state index contributed by atoms with van der Waals surface area (Å²) in [6.07, 6.45) is -3.57. The highest BCUT2D eigenvalue weighted by molar-refractivity contribution is 5.66. The first-order valence-electron chi connectivity index (χ1n) is 5.34. The van der Waals surface area contributed by atoms with Crippen LogP contribution in [0.25, 0.3) is 11.1 Å². The fourth-order valence-electron chi connectivity index (χ4n) is 1.71. The maximum atomic E-state index is 13.1. The Balaban J connectivity index is 2.56. The second-order valence-corrected chi connectivity index (χ2v) is 3.88. The molecule has 0 saturated carbocycles. The molecule has 1 aromatic heterocycles. The number of rotatable bonds is 2. The third-order valence-electron chi connectivity index (χ3n) is 2.59. The largest absolute Gasteiger partial charge is 0.416 e. The quantitative estimate of drug-likeness (QED) is 0.849. The Bertz CT molecular complexity index is 595. The standard InChI is InChI=1S/C13H9F4NO/c14-10-5-11(12(7-19)18-6-10)8-2-1-3-9(4-8)13(15,16)17/h1-6,19H,7H2. The van der Waals surface area contributed by atoms with E-state index in [1.165, 1.54) is 12.1 Å². The van der Waals surface area contributed by atoms with Crippen LogP contribution in [-0.2, 0) is 12.8 Å². The summed E-state index contributed by atoms with van der Waals surface area (Å²) >= 11 is 0. The minimum atomic E-state index is -4.48. The van der Waals surface area contributed by atoms with Crippen LogP contribution in [0, 0.1) is 5.82 Å². The summed E-state index contributed by atoms with van der Waals surface area (Å²) in [7, 11) is 0. The summed E-state index contributed by atoms with van der Waals surface area (Å²) < 4.78 is 51.0. The number of benzene rings is 1. The molecule has 0 atom stereocenters. The van der Waals surface area contributed by atoms with E-state index in [-0.39, 0.29) is 16.8 Å². The fourth-order valence-corrected chi connectivity index (χ4v) is 1.71. The van der Waals surface area contributed by atoms with Gasteiger partial charge in [0.25, 0.3) is 0 Å². The van der Waals surface area contributed by atoms with Crippen molar-refractivity contribution in [1.82, 2.24) is 4.98 Å². The van der Waals surface area contributed by atoms with Crippen molar-refractivity contribution in [2.45, 2.75) is 12.8 Å². The molecule has 1 heterocycles. The van der Waals surface area contributed by atoms with Gasteiger partial charge in [0.1, 0.15) is 5.82 Å². The van der Waals surface area contributed by atoms with Crippen LogP contribution in [0.4, 0.5) is 17.6 Å². The number of alkyl halides is 3. The first-order chi connectivity index (χ1) is 8.91. The summed E-state index contributed by atoms with van der Waals surface area (Å²) in [5.41, 5.74) is -0.404. The summed E-state index contributed by atoms with van der Waals surface area (Å²) in [4.78, 5) is 3.66. The van der Waals surface area contributed by atoms with Gasteiger partial charge < -0.3 is 5.11 Å². The van der Waals surface area contributed by atoms with Crippen LogP contribution in [0.5, 0.6) is 0 Å². The van der Waals surface area contributed by atoms with Gasteiger partial charge in [-0.05, 0) is 23.8 Å². The first-order valence-corrected chi connectivity index (χ1v) is 5.34. The van der Waals surface area contributed by atoms with E-state index in [0.717, 1.165) is 24.4 Å². The molecule has 0 fully saturated rings. The summed E-state index contributed by atoms with van der Waals surface area (Å²) in [5.74, 6) is -0.676. The normalized spacial score (nSPS) is 11.6. The molecule has 1 N–H and O–H groups in total. The van der Waals surface area contributed by atoms with Crippen LogP contribution in [0.15, 0.2) is 36.5 Å². The van der Waals surface area contributed by atoms with E-state index in [2.05, 4.69) is 4.98 Å². The predicted molar refractivity (Wildman–Crippen MR) is 60.6 cm³/mol. The van der Waals surface area contributed by atoms with Crippen molar-refractivity contribution < 1.29 is 22.7 Å². The van der Waals surface area contributed by atoms with E-state index in [9.17, 15) is 17.6 Å². The van der Waals surface area contributed by atoms with Crippen LogP contribution >= 0.6 is 0 Å². The zero-order valence-corrected chi connectivity index (χ0v) is 9.58. The number of aliphatic hydroxyl groups excluding tert-OH is 1. The number of nitrogens with zero attached hydrogens (tertiary/aromatic N) is 1. The molecule has 0 bridgehead atoms. The van der Waals surface area contributed by atoms with Crippen molar-refractivity contribution in [3.63, 3.8) is 0 Å². The Kier molecular flexibility index (Phi) is 3.53. The molecule has 0 aliphatic heterocycles. The Hall–Kier alpha value is -1.95. The van der Waals surface area contributed by atoms with Gasteiger partial charge in [0.15, 0.2) is 0 Å². The van der Waals surface area contributed by atoms with Crippen LogP contribution in [-0.4, -0.2) is 10.1 Å². The third-order valence-corrected chi connectivity index (χ3v) is 2.59. The molecule has 0 spiro atoms. The average Bonchev–Trinajstić information content (AvgIpc) is 2.38. The number of hydrogen-bond donors (Lipinski definition) is 1. The molecule has 0 radical (unpaired) electrons. The number of aromatic nitrogens is 1. The van der Waals surface area contributed by atoms with E-state index in [1.54, 1.807) is 0 Å². The molecule has 2 rings (SSSR count). The Labute approximate surface area is 106 Å². The second kappa shape index (κ2) is 4.97. The van der Waals surface area contributed by atoms with Crippen LogP contribution in [0.2, 0.25) is 0 Å². The molecule has 0 amide bonds. The zero-order valence-electron chi connectivity index (χ0n) is 9.58. The van der Waals surface area contributed by atoms with E-state index in [1.807, 2.05) is 0 Å². The van der Waals surface area contributed by atoms with Gasteiger partial charge in [-0.1, -0.05) is 12.1 Å². The molecule has 6 heteroatoms. The highest BCUT2D eigenvalue weighted by Gasteiger charge is 2.30. The molecule has 1 aromatic carbocycles. The highest BCUT2D eigenvalue weighted by Crippen LogP contribution is 2.33. The minimum absolute atomic E-state index is 0.126. The van der Waals surface area contributed by atoms with Gasteiger partial charge in [-0.2, -0.15) is 13.2 Å². The fraction of sp³-hybridized carbons (Fsp3) is 0.154. The molecule has 19 heavy (non-hydrogen) atoms. The summed E-state index contributed by atoms with van der Waals surface area (Å²) in [6.45, 7) is -0.480. The Morgan fingerprint density at radius 1 is 1.16 bits per heavy atom. The van der Waals surface area contributed by atoms with Gasteiger partial charge in [-0.15, -0.1) is 0 Å². The minimum Gasteiger partial charge on any atom is -0.390 e. The molecule has 2 nitrogen and oxygen atoms in total. The molecule has 0 aliphatic rings. The number of halogens is 4. The second-order valence-electron chi connectivity index (χ2n) is 3.88. The van der Waals surface area contributed by atoms with Crippen molar-refractivity contribution in [3.8, 4) is 11.1 Å². The van der Waals surface area contributed by atoms with Crippen molar-refractivity contribution >= 4 is 0 Å². The first kappa shape index (κ1) is 13.5. The number of aliphatic hydroxyl groups is 1. The lowest BCUT2D eigenvalue weighted by Crippen LogP contribution is -2.05. The molecular formula is C13H9F4NO. The van der Waals surface area contributed by atoms with E-state index >= 15 is 0 Å². The Morgan fingerprint density at radius 2 is 1.89 bits per heavy atom. The average molecular weight is 271 g/mol. The SMILES string of the molecule is OCc1ncc(F)cc1-c1cccc(C(F)(F)F)c1. The zero-order chi connectivity index (χ0) is 14.0. The van der Waals surface area contributed by atoms with Crippen molar-refractivity contribution in [3.05, 3.63) is 53.6 Å². The summed E-state index contributed by atoms with van der Waals surface area (Å²) in [5, 5.41) is 9.09. The highest BCUT2D eigenvalue weighted by atomic mass is 19.4. The monoisotopic (exact) mass is 271 g/mol. The van der Waals surface area contributed by atoms with Crippen LogP contribution in [0.1, 0.15) is 11.3 Å². The molecule has 0 unspecified atom stereocenters. The van der Waals surface area contributed by atoms with Crippen LogP contribution in [0.3, 0.4) is 0 Å². The topological polar surface area (TPSA) is 33.1 Å². The van der Waals surface area contributed by atoms with Gasteiger partial charge in [0.05, 0.1) is 24.1 Å². The van der Waals surface area contributed by atoms with Gasteiger partial charge in [-0.3, -0.25) is 4.98 Å². The number of pyridine rings is 1. The van der Waals surface area contributed by atoms with E-state index in [4.69, 9.17) is 5.11 Å². The van der Waals surface area contributed by atoms with Crippen molar-refractivity contribution in [2.24, 2.45) is 0 Å². The van der Waals surface area contributed by atoms with Gasteiger partial charge >= 0.3 is 6.18 Å². The van der Waals surface area contributed by atoms with Crippen LogP contribution < -0.4 is 0 Å². The van der Waals surface area contributed by atoms with Gasteiger partial charge in [0, 0.05) is 5.56 Å². The molecule has 0 aliphatic carbocycles. The van der Waals surface area contributed by atoms with Gasteiger partial charge in [-0.25, -0.2) is 4.39 Å². The molecule has 2 aromatic rings. The maximum absolute atomic E-state index is 13.1.